The fraction of sp³-hybridized carbons (Fsp3) is 0.500. The van der Waals surface area contributed by atoms with Crippen molar-refractivity contribution < 1.29 is 18.3 Å². The van der Waals surface area contributed by atoms with E-state index in [1.165, 1.54) is 0 Å². The summed E-state index contributed by atoms with van der Waals surface area (Å²) in [6.45, 7) is 1.87. The van der Waals surface area contributed by atoms with E-state index in [4.69, 9.17) is 5.11 Å². The van der Waals surface area contributed by atoms with Crippen molar-refractivity contribution in [1.29, 1.82) is 0 Å². The summed E-state index contributed by atoms with van der Waals surface area (Å²) >= 11 is 0. The van der Waals surface area contributed by atoms with E-state index >= 15 is 0 Å². The smallest absolute Gasteiger partial charge is 0.323 e. The lowest BCUT2D eigenvalue weighted by atomic mass is 10.1. The van der Waals surface area contributed by atoms with Crippen molar-refractivity contribution in [3.63, 3.8) is 0 Å². The second-order valence-corrected chi connectivity index (χ2v) is 7.54. The zero-order valence-electron chi connectivity index (χ0n) is 11.4. The predicted molar refractivity (Wildman–Crippen MR) is 77.8 cm³/mol. The largest absolute Gasteiger partial charge is 0.480 e. The molecular weight excluding hydrogens is 278 g/mol. The van der Waals surface area contributed by atoms with Crippen molar-refractivity contribution in [2.75, 3.05) is 23.0 Å². The summed E-state index contributed by atoms with van der Waals surface area (Å²) in [7, 11) is -2.94. The number of rotatable bonds is 4. The molecule has 0 radical (unpaired) electrons. The van der Waals surface area contributed by atoms with E-state index in [0.717, 1.165) is 11.3 Å². The van der Waals surface area contributed by atoms with Crippen molar-refractivity contribution in [2.45, 2.75) is 25.8 Å². The molecule has 1 heterocycles. The first-order chi connectivity index (χ1) is 9.37. The molecule has 1 fully saturated rings. The molecule has 0 aromatic heterocycles. The number of aliphatic carboxylic acids is 1. The standard InChI is InChI=1S/C14H19NO4S/c1-11-2-4-12(5-3-11)15(10-14(16)17)13-6-8-20(18,19)9-7-13/h2-5,13H,6-10H2,1H3,(H,16,17). The molecule has 0 aliphatic carbocycles. The maximum atomic E-state index is 11.5. The van der Waals surface area contributed by atoms with Crippen LogP contribution in [0.5, 0.6) is 0 Å². The second kappa shape index (κ2) is 5.83. The number of anilines is 1. The van der Waals surface area contributed by atoms with Crippen molar-refractivity contribution in [1.82, 2.24) is 0 Å². The van der Waals surface area contributed by atoms with Gasteiger partial charge in [0.25, 0.3) is 0 Å². The maximum Gasteiger partial charge on any atom is 0.323 e. The van der Waals surface area contributed by atoms with Gasteiger partial charge in [-0.1, -0.05) is 17.7 Å². The molecule has 1 N–H and O–H groups in total. The lowest BCUT2D eigenvalue weighted by Gasteiger charge is -2.35. The molecule has 5 nitrogen and oxygen atoms in total. The molecule has 6 heteroatoms. The third-order valence-electron chi connectivity index (χ3n) is 3.64. The minimum atomic E-state index is -2.94. The van der Waals surface area contributed by atoms with E-state index in [1.807, 2.05) is 31.2 Å². The minimum Gasteiger partial charge on any atom is -0.480 e. The normalized spacial score (nSPS) is 18.6. The van der Waals surface area contributed by atoms with Gasteiger partial charge in [0.05, 0.1) is 11.5 Å². The average molecular weight is 297 g/mol. The Morgan fingerprint density at radius 3 is 2.30 bits per heavy atom. The van der Waals surface area contributed by atoms with Crippen LogP contribution in [-0.4, -0.2) is 43.6 Å². The summed E-state index contributed by atoms with van der Waals surface area (Å²) in [6.07, 6.45) is 0.979. The number of hydrogen-bond donors (Lipinski definition) is 1. The van der Waals surface area contributed by atoms with Gasteiger partial charge in [0, 0.05) is 11.7 Å². The van der Waals surface area contributed by atoms with Crippen LogP contribution in [0.3, 0.4) is 0 Å². The fourth-order valence-corrected chi connectivity index (χ4v) is 3.97. The lowest BCUT2D eigenvalue weighted by Crippen LogP contribution is -2.44. The molecule has 0 spiro atoms. The maximum absolute atomic E-state index is 11.5. The molecule has 2 rings (SSSR count). The topological polar surface area (TPSA) is 74.7 Å². The van der Waals surface area contributed by atoms with Crippen LogP contribution >= 0.6 is 0 Å². The molecule has 0 atom stereocenters. The number of nitrogens with zero attached hydrogens (tertiary/aromatic N) is 1. The highest BCUT2D eigenvalue weighted by atomic mass is 32.2. The number of carboxylic acids is 1. The Balaban J connectivity index is 2.20. The first kappa shape index (κ1) is 14.8. The van der Waals surface area contributed by atoms with Crippen LogP contribution in [0.2, 0.25) is 0 Å². The van der Waals surface area contributed by atoms with Crippen LogP contribution < -0.4 is 4.90 Å². The van der Waals surface area contributed by atoms with Crippen molar-refractivity contribution in [2.24, 2.45) is 0 Å². The van der Waals surface area contributed by atoms with Crippen molar-refractivity contribution in [3.05, 3.63) is 29.8 Å². The van der Waals surface area contributed by atoms with E-state index in [-0.39, 0.29) is 24.1 Å². The van der Waals surface area contributed by atoms with Gasteiger partial charge in [-0.15, -0.1) is 0 Å². The van der Waals surface area contributed by atoms with Gasteiger partial charge >= 0.3 is 5.97 Å². The SMILES string of the molecule is Cc1ccc(N(CC(=O)O)C2CCS(=O)(=O)CC2)cc1. The van der Waals surface area contributed by atoms with Crippen LogP contribution in [0.15, 0.2) is 24.3 Å². The summed E-state index contributed by atoms with van der Waals surface area (Å²) in [5, 5.41) is 9.07. The zero-order chi connectivity index (χ0) is 14.8. The molecule has 20 heavy (non-hydrogen) atoms. The summed E-state index contributed by atoms with van der Waals surface area (Å²) in [6, 6.07) is 7.62. The molecule has 1 aliphatic rings. The summed E-state index contributed by atoms with van der Waals surface area (Å²) in [5.74, 6) is -0.627. The Labute approximate surface area is 119 Å². The molecule has 110 valence electrons. The Morgan fingerprint density at radius 1 is 1.25 bits per heavy atom. The third kappa shape index (κ3) is 3.72. The summed E-state index contributed by atoms with van der Waals surface area (Å²) < 4.78 is 23.0. The van der Waals surface area contributed by atoms with Gasteiger partial charge in [0.1, 0.15) is 16.4 Å². The molecular formula is C14H19NO4S. The van der Waals surface area contributed by atoms with Crippen LogP contribution in [0.1, 0.15) is 18.4 Å². The molecule has 0 unspecified atom stereocenters. The molecule has 1 aromatic rings. The number of aryl methyl sites for hydroxylation is 1. The van der Waals surface area contributed by atoms with Gasteiger partial charge in [-0.05, 0) is 31.9 Å². The first-order valence-corrected chi connectivity index (χ1v) is 8.45. The molecule has 0 bridgehead atoms. The van der Waals surface area contributed by atoms with Crippen LogP contribution in [0, 0.1) is 6.92 Å². The highest BCUT2D eigenvalue weighted by molar-refractivity contribution is 7.91. The van der Waals surface area contributed by atoms with E-state index < -0.39 is 15.8 Å². The summed E-state index contributed by atoms with van der Waals surface area (Å²) in [4.78, 5) is 12.9. The lowest BCUT2D eigenvalue weighted by molar-refractivity contribution is -0.135. The molecule has 1 aliphatic heterocycles. The Bertz CT molecular complexity index is 566. The van der Waals surface area contributed by atoms with Crippen LogP contribution in [0.25, 0.3) is 0 Å². The van der Waals surface area contributed by atoms with Gasteiger partial charge in [0.15, 0.2) is 0 Å². The van der Waals surface area contributed by atoms with E-state index in [2.05, 4.69) is 0 Å². The Hall–Kier alpha value is -1.56. The molecule has 1 aromatic carbocycles. The predicted octanol–water partition coefficient (Wildman–Crippen LogP) is 1.46. The van der Waals surface area contributed by atoms with Crippen molar-refractivity contribution >= 4 is 21.5 Å². The number of benzene rings is 1. The number of hydrogen-bond acceptors (Lipinski definition) is 4. The van der Waals surface area contributed by atoms with E-state index in [1.54, 1.807) is 4.90 Å². The van der Waals surface area contributed by atoms with Crippen LogP contribution in [0.4, 0.5) is 5.69 Å². The zero-order valence-corrected chi connectivity index (χ0v) is 12.3. The number of sulfone groups is 1. The van der Waals surface area contributed by atoms with Gasteiger partial charge in [0.2, 0.25) is 0 Å². The highest BCUT2D eigenvalue weighted by Crippen LogP contribution is 2.24. The molecule has 1 saturated heterocycles. The molecule has 0 saturated carbocycles. The summed E-state index contributed by atoms with van der Waals surface area (Å²) in [5.41, 5.74) is 1.94. The second-order valence-electron chi connectivity index (χ2n) is 5.24. The van der Waals surface area contributed by atoms with Crippen LogP contribution in [-0.2, 0) is 14.6 Å². The van der Waals surface area contributed by atoms with E-state index in [9.17, 15) is 13.2 Å². The third-order valence-corrected chi connectivity index (χ3v) is 5.35. The van der Waals surface area contributed by atoms with Gasteiger partial charge in [-0.2, -0.15) is 0 Å². The highest BCUT2D eigenvalue weighted by Gasteiger charge is 2.29. The first-order valence-electron chi connectivity index (χ1n) is 6.63. The Kier molecular flexibility index (Phi) is 4.32. The molecule has 0 amide bonds. The monoisotopic (exact) mass is 297 g/mol. The van der Waals surface area contributed by atoms with Gasteiger partial charge in [-0.3, -0.25) is 4.79 Å². The minimum absolute atomic E-state index is 0.0302. The van der Waals surface area contributed by atoms with E-state index in [0.29, 0.717) is 12.8 Å². The van der Waals surface area contributed by atoms with Gasteiger partial charge in [-0.25, -0.2) is 8.42 Å². The number of carboxylic acid groups (broad SMARTS) is 1. The fourth-order valence-electron chi connectivity index (χ4n) is 2.50. The van der Waals surface area contributed by atoms with Crippen molar-refractivity contribution in [3.8, 4) is 0 Å². The van der Waals surface area contributed by atoms with Gasteiger partial charge < -0.3 is 10.0 Å². The number of carbonyl (C=O) groups is 1. The Morgan fingerprint density at radius 2 is 1.80 bits per heavy atom. The average Bonchev–Trinajstić information content (AvgIpc) is 2.37. The quantitative estimate of drug-likeness (QED) is 0.910.